The van der Waals surface area contributed by atoms with E-state index >= 15 is 0 Å². The highest BCUT2D eigenvalue weighted by Gasteiger charge is 2.30. The summed E-state index contributed by atoms with van der Waals surface area (Å²) in [7, 11) is -3.78. The lowest BCUT2D eigenvalue weighted by Crippen LogP contribution is -2.49. The zero-order valence-corrected chi connectivity index (χ0v) is 18.2. The van der Waals surface area contributed by atoms with E-state index in [2.05, 4.69) is 19.7 Å². The average molecular weight is 449 g/mol. The summed E-state index contributed by atoms with van der Waals surface area (Å²) in [4.78, 5) is 4.45. The molecule has 1 atom stereocenters. The minimum Gasteiger partial charge on any atom is -0.468 e. The topological polar surface area (TPSA) is 91.8 Å². The molecule has 1 aromatic carbocycles. The molecule has 3 heterocycles. The van der Waals surface area contributed by atoms with Crippen molar-refractivity contribution in [2.24, 2.45) is 0 Å². The zero-order valence-electron chi connectivity index (χ0n) is 17.4. The largest absolute Gasteiger partial charge is 0.468 e. The number of hydrogen-bond acceptors (Lipinski definition) is 7. The number of nitrogens with one attached hydrogen (secondary N) is 1. The van der Waals surface area contributed by atoms with E-state index in [4.69, 9.17) is 8.94 Å². The van der Waals surface area contributed by atoms with Crippen LogP contribution in [0.15, 0.2) is 56.5 Å². The summed E-state index contributed by atoms with van der Waals surface area (Å²) in [5.74, 6) is 0.690. The number of piperazine rings is 1. The van der Waals surface area contributed by atoms with E-state index in [-0.39, 0.29) is 29.1 Å². The van der Waals surface area contributed by atoms with Crippen molar-refractivity contribution in [2.75, 3.05) is 37.6 Å². The molecule has 0 radical (unpaired) electrons. The second-order valence-electron chi connectivity index (χ2n) is 7.54. The minimum absolute atomic E-state index is 0.0758. The number of nitrogens with zero attached hydrogens (tertiary/aromatic N) is 3. The van der Waals surface area contributed by atoms with Gasteiger partial charge in [-0.3, -0.25) is 4.90 Å². The molecule has 1 aliphatic heterocycles. The Hall–Kier alpha value is -2.69. The predicted molar refractivity (Wildman–Crippen MR) is 113 cm³/mol. The molecule has 3 aromatic rings. The number of rotatable bonds is 7. The molecule has 1 unspecified atom stereocenters. The second-order valence-corrected chi connectivity index (χ2v) is 9.24. The zero-order chi connectivity index (χ0) is 22.0. The lowest BCUT2D eigenvalue weighted by atomic mass is 10.1. The van der Waals surface area contributed by atoms with Gasteiger partial charge in [-0.15, -0.1) is 0 Å². The monoisotopic (exact) mass is 448 g/mol. The minimum atomic E-state index is -3.78. The van der Waals surface area contributed by atoms with Crippen LogP contribution >= 0.6 is 0 Å². The third kappa shape index (κ3) is 4.65. The molecule has 0 spiro atoms. The van der Waals surface area contributed by atoms with Crippen molar-refractivity contribution in [1.29, 1.82) is 0 Å². The van der Waals surface area contributed by atoms with E-state index in [0.717, 1.165) is 18.8 Å². The van der Waals surface area contributed by atoms with Crippen LogP contribution in [-0.2, 0) is 10.0 Å². The number of anilines is 1. The van der Waals surface area contributed by atoms with E-state index < -0.39 is 10.0 Å². The summed E-state index contributed by atoms with van der Waals surface area (Å²) in [6.45, 7) is 6.21. The van der Waals surface area contributed by atoms with Gasteiger partial charge >= 0.3 is 0 Å². The van der Waals surface area contributed by atoms with Crippen LogP contribution < -0.4 is 9.62 Å². The molecule has 1 saturated heterocycles. The highest BCUT2D eigenvalue weighted by molar-refractivity contribution is 7.89. The van der Waals surface area contributed by atoms with Gasteiger partial charge in [0.15, 0.2) is 5.76 Å². The van der Waals surface area contributed by atoms with Crippen molar-refractivity contribution in [2.45, 2.75) is 24.8 Å². The number of furan rings is 1. The van der Waals surface area contributed by atoms with Gasteiger partial charge in [0.25, 0.3) is 0 Å². The molecular weight excluding hydrogens is 423 g/mol. The first-order valence-corrected chi connectivity index (χ1v) is 11.5. The standard InChI is InChI=1S/C21H25FN4O4S/c1-15-21(16(2)30-24-15)31(27,28)23-14-19(20-4-3-13-29-20)26-11-9-25(10-12-26)18-7-5-17(22)6-8-18/h3-8,13,19,23H,9-12,14H2,1-2H3. The fourth-order valence-electron chi connectivity index (χ4n) is 3.95. The number of halogens is 1. The van der Waals surface area contributed by atoms with Gasteiger partial charge in [0.05, 0.1) is 12.3 Å². The fraction of sp³-hybridized carbons (Fsp3) is 0.381. The number of benzene rings is 1. The summed E-state index contributed by atoms with van der Waals surface area (Å²) in [6, 6.07) is 9.83. The van der Waals surface area contributed by atoms with E-state index in [0.29, 0.717) is 24.5 Å². The van der Waals surface area contributed by atoms with Crippen LogP contribution in [0.1, 0.15) is 23.3 Å². The van der Waals surface area contributed by atoms with E-state index in [1.807, 2.05) is 6.07 Å². The summed E-state index contributed by atoms with van der Waals surface area (Å²) in [5, 5.41) is 3.74. The molecule has 166 valence electrons. The Kier molecular flexibility index (Phi) is 6.12. The van der Waals surface area contributed by atoms with Gasteiger partial charge in [0, 0.05) is 38.4 Å². The number of aryl methyl sites for hydroxylation is 2. The second kappa shape index (κ2) is 8.81. The van der Waals surface area contributed by atoms with Crippen molar-refractivity contribution in [1.82, 2.24) is 14.8 Å². The van der Waals surface area contributed by atoms with Crippen LogP contribution in [-0.4, -0.2) is 51.2 Å². The molecule has 1 fully saturated rings. The molecule has 2 aromatic heterocycles. The van der Waals surface area contributed by atoms with Crippen LogP contribution in [0, 0.1) is 19.7 Å². The normalized spacial score (nSPS) is 16.5. The molecule has 1 N–H and O–H groups in total. The Bertz CT molecular complexity index is 1090. The summed E-state index contributed by atoms with van der Waals surface area (Å²) in [6.07, 6.45) is 1.58. The van der Waals surface area contributed by atoms with E-state index in [9.17, 15) is 12.8 Å². The number of hydrogen-bond donors (Lipinski definition) is 1. The van der Waals surface area contributed by atoms with Crippen molar-refractivity contribution >= 4 is 15.7 Å². The maximum Gasteiger partial charge on any atom is 0.246 e. The molecule has 0 bridgehead atoms. The SMILES string of the molecule is Cc1noc(C)c1S(=O)(=O)NCC(c1ccco1)N1CCN(c2ccc(F)cc2)CC1. The average Bonchev–Trinajstić information content (AvgIpc) is 3.39. The highest BCUT2D eigenvalue weighted by atomic mass is 32.2. The third-order valence-corrected chi connectivity index (χ3v) is 7.19. The van der Waals surface area contributed by atoms with Gasteiger partial charge in [-0.05, 0) is 50.2 Å². The molecule has 0 amide bonds. The molecule has 1 aliphatic rings. The molecular formula is C21H25FN4O4S. The summed E-state index contributed by atoms with van der Waals surface area (Å²) >= 11 is 0. The molecule has 0 aliphatic carbocycles. The van der Waals surface area contributed by atoms with Crippen LogP contribution in [0.5, 0.6) is 0 Å². The lowest BCUT2D eigenvalue weighted by Gasteiger charge is -2.39. The maximum atomic E-state index is 13.2. The predicted octanol–water partition coefficient (Wildman–Crippen LogP) is 2.87. The molecule has 31 heavy (non-hydrogen) atoms. The molecule has 4 rings (SSSR count). The van der Waals surface area contributed by atoms with Crippen molar-refractivity contribution < 1.29 is 21.7 Å². The van der Waals surface area contributed by atoms with Crippen molar-refractivity contribution in [3.05, 3.63) is 65.7 Å². The van der Waals surface area contributed by atoms with Gasteiger partial charge in [0.1, 0.15) is 22.2 Å². The first-order chi connectivity index (χ1) is 14.8. The van der Waals surface area contributed by atoms with E-state index in [1.165, 1.54) is 12.1 Å². The van der Waals surface area contributed by atoms with Gasteiger partial charge in [-0.2, -0.15) is 0 Å². The van der Waals surface area contributed by atoms with Gasteiger partial charge in [-0.1, -0.05) is 5.16 Å². The Morgan fingerprint density at radius 3 is 2.42 bits per heavy atom. The van der Waals surface area contributed by atoms with Crippen LogP contribution in [0.4, 0.5) is 10.1 Å². The number of aromatic nitrogens is 1. The molecule has 0 saturated carbocycles. The third-order valence-electron chi connectivity index (χ3n) is 5.52. The first-order valence-electron chi connectivity index (χ1n) is 10.1. The van der Waals surface area contributed by atoms with Crippen LogP contribution in [0.2, 0.25) is 0 Å². The molecule has 10 heteroatoms. The fourth-order valence-corrected chi connectivity index (χ4v) is 5.32. The molecule has 8 nitrogen and oxygen atoms in total. The lowest BCUT2D eigenvalue weighted by molar-refractivity contribution is 0.166. The van der Waals surface area contributed by atoms with Crippen molar-refractivity contribution in [3.8, 4) is 0 Å². The summed E-state index contributed by atoms with van der Waals surface area (Å²) in [5.41, 5.74) is 1.29. The van der Waals surface area contributed by atoms with Gasteiger partial charge in [-0.25, -0.2) is 17.5 Å². The Labute approximate surface area is 180 Å². The maximum absolute atomic E-state index is 13.2. The van der Waals surface area contributed by atoms with Crippen LogP contribution in [0.3, 0.4) is 0 Å². The Morgan fingerprint density at radius 1 is 1.13 bits per heavy atom. The first kappa shape index (κ1) is 21.5. The quantitative estimate of drug-likeness (QED) is 0.594. The Morgan fingerprint density at radius 2 is 1.84 bits per heavy atom. The smallest absolute Gasteiger partial charge is 0.246 e. The van der Waals surface area contributed by atoms with Gasteiger partial charge < -0.3 is 13.8 Å². The van der Waals surface area contributed by atoms with Crippen LogP contribution in [0.25, 0.3) is 0 Å². The Balaban J connectivity index is 1.46. The number of sulfonamides is 1. The van der Waals surface area contributed by atoms with E-state index in [1.54, 1.807) is 38.3 Å². The highest BCUT2D eigenvalue weighted by Crippen LogP contribution is 2.26. The van der Waals surface area contributed by atoms with Crippen molar-refractivity contribution in [3.63, 3.8) is 0 Å². The summed E-state index contributed by atoms with van der Waals surface area (Å²) < 4.78 is 52.2. The van der Waals surface area contributed by atoms with Gasteiger partial charge in [0.2, 0.25) is 10.0 Å².